The monoisotopic (exact) mass is 369 g/mol. The van der Waals surface area contributed by atoms with Gasteiger partial charge in [-0.3, -0.25) is 9.20 Å². The first-order chi connectivity index (χ1) is 12.6. The van der Waals surface area contributed by atoms with Crippen LogP contribution in [0.5, 0.6) is 0 Å². The fourth-order valence-electron chi connectivity index (χ4n) is 3.68. The molecule has 1 aliphatic rings. The molecule has 1 saturated heterocycles. The predicted octanol–water partition coefficient (Wildman–Crippen LogP) is 2.98. The molecule has 3 aromatic rings. The summed E-state index contributed by atoms with van der Waals surface area (Å²) in [4.78, 5) is 24.4. The van der Waals surface area contributed by atoms with E-state index in [0.29, 0.717) is 5.69 Å². The van der Waals surface area contributed by atoms with Gasteiger partial charge in [-0.05, 0) is 45.9 Å². The molecular formula is C19H23N5OS. The van der Waals surface area contributed by atoms with Crippen LogP contribution in [0.2, 0.25) is 0 Å². The maximum absolute atomic E-state index is 13.1. The van der Waals surface area contributed by atoms with Gasteiger partial charge < -0.3 is 10.2 Å². The first-order valence-electron chi connectivity index (χ1n) is 8.99. The number of hydrogen-bond acceptors (Lipinski definition) is 5. The Morgan fingerprint density at radius 1 is 1.38 bits per heavy atom. The maximum Gasteiger partial charge on any atom is 0.273 e. The van der Waals surface area contributed by atoms with Crippen LogP contribution < -0.4 is 5.32 Å². The molecule has 0 saturated carbocycles. The van der Waals surface area contributed by atoms with E-state index in [1.165, 1.54) is 11.3 Å². The summed E-state index contributed by atoms with van der Waals surface area (Å²) < 4.78 is 2.03. The number of pyridine rings is 1. The standard InChI is InChI=1S/C19H23N5OS/c1-12(2)24(14-7-8-20-10-14)19(25)15-11-26-18(22-15)17-13(3)21-16-6-4-5-9-23(16)17/h4-6,9,11-12,14,20H,7-8,10H2,1-3H3/t14-/m0/s1. The fourth-order valence-corrected chi connectivity index (χ4v) is 4.57. The zero-order valence-electron chi connectivity index (χ0n) is 15.3. The van der Waals surface area contributed by atoms with Gasteiger partial charge in [0, 0.05) is 30.2 Å². The van der Waals surface area contributed by atoms with Gasteiger partial charge in [0.05, 0.1) is 5.69 Å². The Kier molecular flexibility index (Phi) is 4.50. The van der Waals surface area contributed by atoms with E-state index in [9.17, 15) is 4.79 Å². The third-order valence-corrected chi connectivity index (χ3v) is 5.70. The van der Waals surface area contributed by atoms with Crippen molar-refractivity contribution in [3.63, 3.8) is 0 Å². The van der Waals surface area contributed by atoms with Crippen LogP contribution in [-0.2, 0) is 0 Å². The lowest BCUT2D eigenvalue weighted by atomic mass is 10.1. The number of rotatable bonds is 4. The van der Waals surface area contributed by atoms with Gasteiger partial charge >= 0.3 is 0 Å². The van der Waals surface area contributed by atoms with Crippen LogP contribution >= 0.6 is 11.3 Å². The van der Waals surface area contributed by atoms with Crippen molar-refractivity contribution in [2.24, 2.45) is 0 Å². The zero-order chi connectivity index (χ0) is 18.3. The molecule has 136 valence electrons. The SMILES string of the molecule is Cc1nc2ccccn2c1-c1nc(C(=O)N(C(C)C)[C@H]2CCNC2)cs1. The molecular weight excluding hydrogens is 346 g/mol. The lowest BCUT2D eigenvalue weighted by Crippen LogP contribution is -2.46. The number of aryl methyl sites for hydroxylation is 1. The smallest absolute Gasteiger partial charge is 0.273 e. The molecule has 26 heavy (non-hydrogen) atoms. The highest BCUT2D eigenvalue weighted by Gasteiger charge is 2.31. The van der Waals surface area contributed by atoms with Crippen molar-refractivity contribution >= 4 is 22.9 Å². The Balaban J connectivity index is 1.69. The van der Waals surface area contributed by atoms with Crippen molar-refractivity contribution in [2.75, 3.05) is 13.1 Å². The second-order valence-corrected chi connectivity index (χ2v) is 7.82. The van der Waals surface area contributed by atoms with Gasteiger partial charge in [-0.25, -0.2) is 9.97 Å². The fraction of sp³-hybridized carbons (Fsp3) is 0.421. The molecule has 7 heteroatoms. The number of nitrogens with zero attached hydrogens (tertiary/aromatic N) is 4. The maximum atomic E-state index is 13.1. The summed E-state index contributed by atoms with van der Waals surface area (Å²) in [6, 6.07) is 6.31. The number of hydrogen-bond donors (Lipinski definition) is 1. The molecule has 4 rings (SSSR count). The van der Waals surface area contributed by atoms with E-state index in [1.807, 2.05) is 46.0 Å². The Labute approximate surface area is 156 Å². The summed E-state index contributed by atoms with van der Waals surface area (Å²) in [7, 11) is 0. The van der Waals surface area contributed by atoms with E-state index in [0.717, 1.165) is 41.6 Å². The normalized spacial score (nSPS) is 17.3. The summed E-state index contributed by atoms with van der Waals surface area (Å²) in [5.74, 6) is 0.0164. The third kappa shape index (κ3) is 2.91. The van der Waals surface area contributed by atoms with Crippen molar-refractivity contribution in [3.05, 3.63) is 41.2 Å². The van der Waals surface area contributed by atoms with Crippen LogP contribution in [0.15, 0.2) is 29.8 Å². The van der Waals surface area contributed by atoms with Gasteiger partial charge in [-0.1, -0.05) is 6.07 Å². The molecule has 1 amide bonds. The molecule has 1 atom stereocenters. The molecule has 0 aromatic carbocycles. The minimum absolute atomic E-state index is 0.0164. The largest absolute Gasteiger partial charge is 0.331 e. The number of thiazole rings is 1. The average Bonchev–Trinajstić information content (AvgIpc) is 3.32. The van der Waals surface area contributed by atoms with Crippen molar-refractivity contribution in [3.8, 4) is 10.7 Å². The third-order valence-electron chi connectivity index (χ3n) is 4.85. The van der Waals surface area contributed by atoms with Crippen molar-refractivity contribution in [1.29, 1.82) is 0 Å². The van der Waals surface area contributed by atoms with Gasteiger partial charge in [0.1, 0.15) is 22.0 Å². The van der Waals surface area contributed by atoms with Gasteiger partial charge in [0.2, 0.25) is 0 Å². The Hall–Kier alpha value is -2.25. The molecule has 0 bridgehead atoms. The summed E-state index contributed by atoms with van der Waals surface area (Å²) in [5.41, 5.74) is 3.30. The number of carbonyl (C=O) groups is 1. The molecule has 4 heterocycles. The van der Waals surface area contributed by atoms with Gasteiger partial charge in [-0.2, -0.15) is 0 Å². The van der Waals surface area contributed by atoms with Gasteiger partial charge in [-0.15, -0.1) is 11.3 Å². The minimum Gasteiger partial charge on any atom is -0.331 e. The van der Waals surface area contributed by atoms with Crippen LogP contribution in [0, 0.1) is 6.92 Å². The first kappa shape index (κ1) is 17.2. The minimum atomic E-state index is 0.0164. The van der Waals surface area contributed by atoms with Gasteiger partial charge in [0.25, 0.3) is 5.91 Å². The number of fused-ring (bicyclic) bond motifs is 1. The predicted molar refractivity (Wildman–Crippen MR) is 104 cm³/mol. The highest BCUT2D eigenvalue weighted by atomic mass is 32.1. The van der Waals surface area contributed by atoms with E-state index in [1.54, 1.807) is 0 Å². The van der Waals surface area contributed by atoms with Crippen molar-refractivity contribution in [2.45, 2.75) is 39.3 Å². The molecule has 1 aliphatic heterocycles. The molecule has 0 aliphatic carbocycles. The second kappa shape index (κ2) is 6.81. The molecule has 6 nitrogen and oxygen atoms in total. The highest BCUT2D eigenvalue weighted by molar-refractivity contribution is 7.13. The molecule has 1 fully saturated rings. The second-order valence-electron chi connectivity index (χ2n) is 6.97. The van der Waals surface area contributed by atoms with Crippen molar-refractivity contribution in [1.82, 2.24) is 24.6 Å². The van der Waals surface area contributed by atoms with E-state index in [4.69, 9.17) is 0 Å². The zero-order valence-corrected chi connectivity index (χ0v) is 16.1. The quantitative estimate of drug-likeness (QED) is 0.768. The topological polar surface area (TPSA) is 62.5 Å². The van der Waals surface area contributed by atoms with Crippen molar-refractivity contribution < 1.29 is 4.79 Å². The van der Waals surface area contributed by atoms with E-state index in [-0.39, 0.29) is 18.0 Å². The van der Waals surface area contributed by atoms with Crippen LogP contribution in [0.1, 0.15) is 36.5 Å². The Morgan fingerprint density at radius 2 is 2.23 bits per heavy atom. The average molecular weight is 369 g/mol. The van der Waals surface area contributed by atoms with E-state index < -0.39 is 0 Å². The molecule has 0 spiro atoms. The Bertz CT molecular complexity index is 938. The van der Waals surface area contributed by atoms with Crippen LogP contribution in [0.3, 0.4) is 0 Å². The molecule has 3 aromatic heterocycles. The summed E-state index contributed by atoms with van der Waals surface area (Å²) in [6.45, 7) is 7.93. The number of carbonyl (C=O) groups excluding carboxylic acids is 1. The Morgan fingerprint density at radius 3 is 2.96 bits per heavy atom. The molecule has 0 unspecified atom stereocenters. The number of nitrogens with one attached hydrogen (secondary N) is 1. The van der Waals surface area contributed by atoms with Crippen LogP contribution in [0.4, 0.5) is 0 Å². The first-order valence-corrected chi connectivity index (χ1v) is 9.87. The summed E-state index contributed by atoms with van der Waals surface area (Å²) in [5, 5.41) is 6.05. The lowest BCUT2D eigenvalue weighted by Gasteiger charge is -2.31. The molecule has 0 radical (unpaired) electrons. The number of amides is 1. The highest BCUT2D eigenvalue weighted by Crippen LogP contribution is 2.29. The van der Waals surface area contributed by atoms with E-state index >= 15 is 0 Å². The summed E-state index contributed by atoms with van der Waals surface area (Å²) >= 11 is 1.50. The molecule has 1 N–H and O–H groups in total. The van der Waals surface area contributed by atoms with Crippen LogP contribution in [-0.4, -0.2) is 50.3 Å². The lowest BCUT2D eigenvalue weighted by molar-refractivity contribution is 0.0621. The van der Waals surface area contributed by atoms with E-state index in [2.05, 4.69) is 29.1 Å². The summed E-state index contributed by atoms with van der Waals surface area (Å²) in [6.07, 6.45) is 2.98. The number of aromatic nitrogens is 3. The van der Waals surface area contributed by atoms with Gasteiger partial charge in [0.15, 0.2) is 0 Å². The van der Waals surface area contributed by atoms with Crippen LogP contribution in [0.25, 0.3) is 16.3 Å². The number of imidazole rings is 1.